The molecule has 2 aliphatic heterocycles. The molecule has 32 nitrogen and oxygen atoms in total. The van der Waals surface area contributed by atoms with Crippen molar-refractivity contribution in [2.24, 2.45) is 0 Å². The molecule has 0 bridgehead atoms. The van der Waals surface area contributed by atoms with Crippen LogP contribution in [-0.2, 0) is 72.0 Å². The number of aliphatic hydroxyl groups excluding tert-OH is 3. The van der Waals surface area contributed by atoms with Gasteiger partial charge in [-0.1, -0.05) is 82.3 Å². The zero-order valence-corrected chi connectivity index (χ0v) is 57.8. The lowest BCUT2D eigenvalue weighted by atomic mass is 10.0. The minimum absolute atomic E-state index is 0.00789. The van der Waals surface area contributed by atoms with Gasteiger partial charge in [0.15, 0.2) is 0 Å². The summed E-state index contributed by atoms with van der Waals surface area (Å²) in [6.07, 6.45) is -1.01. The molecular weight excluding hydrogens is 1340 g/mol. The maximum Gasteiger partial charge on any atom is 0.317 e. The molecule has 34 heteroatoms. The highest BCUT2D eigenvalue weighted by atomic mass is 33.1. The van der Waals surface area contributed by atoms with E-state index >= 15 is 19.2 Å². The van der Waals surface area contributed by atoms with Crippen molar-refractivity contribution < 1.29 is 88.5 Å². The number of H-pyrrole nitrogens is 1. The highest BCUT2D eigenvalue weighted by Gasteiger charge is 2.37. The first-order chi connectivity index (χ1) is 47.8. The van der Waals surface area contributed by atoms with Gasteiger partial charge in [-0.25, -0.2) is 0 Å². The largest absolute Gasteiger partial charge is 0.508 e. The number of aromatic nitrogens is 1. The van der Waals surface area contributed by atoms with E-state index < -0.39 is 152 Å². The first-order valence-corrected chi connectivity index (χ1v) is 35.5. The van der Waals surface area contributed by atoms with Crippen LogP contribution in [0.5, 0.6) is 5.75 Å². The zero-order chi connectivity index (χ0) is 72.8. The molecule has 8 amide bonds. The fourth-order valence-corrected chi connectivity index (χ4v) is 13.6. The van der Waals surface area contributed by atoms with Gasteiger partial charge in [-0.15, -0.1) is 0 Å². The number of phenolic OH excluding ortho intramolecular Hbond substituents is 1. The Morgan fingerprint density at radius 1 is 0.590 bits per heavy atom. The van der Waals surface area contributed by atoms with Crippen molar-refractivity contribution in [3.63, 3.8) is 0 Å². The number of aliphatic carboxylic acids is 3. The number of carbonyl (C=O) groups is 11. The molecule has 4 aromatic rings. The number of carboxylic acid groups (broad SMARTS) is 3. The number of hydrogen-bond donors (Lipinski definition) is 17. The third-order valence-corrected chi connectivity index (χ3v) is 19.3. The SMILES string of the molecule is CNCCCC[C@@H]1NC(=O)[C@@H](Cc2c[nH]c3ccccc23)NC(=O)C(Cc2ccc(O)cc2)NC(=O)[C@@H](NC(=O)[C@@H](Cc2ccccc2)NC(=O)CN2CCN(CC(=O)O)CCN(CC(=O)O)CCN(CC(=O)O)CC2)CSSC[C@@H](C(=O)N[C@H](CO)[C@@H](C)O)NC(=O)[C@H]([C@@H](C)O)NC1=O. The summed E-state index contributed by atoms with van der Waals surface area (Å²) in [5.74, 6) is -11.5. The minimum atomic E-state index is -1.76. The summed E-state index contributed by atoms with van der Waals surface area (Å²) in [6.45, 7) is 1.44. The van der Waals surface area contributed by atoms with Gasteiger partial charge < -0.3 is 88.6 Å². The molecule has 0 aliphatic carbocycles. The molecule has 3 aromatic carbocycles. The van der Waals surface area contributed by atoms with Gasteiger partial charge >= 0.3 is 17.9 Å². The number of para-hydroxylation sites is 1. The Bertz CT molecular complexity index is 3340. The van der Waals surface area contributed by atoms with Crippen molar-refractivity contribution in [3.8, 4) is 5.75 Å². The lowest BCUT2D eigenvalue weighted by Crippen LogP contribution is -2.62. The molecule has 0 radical (unpaired) electrons. The topological polar surface area (TPSA) is 466 Å². The Hall–Kier alpha value is -8.45. The predicted molar refractivity (Wildman–Crippen MR) is 371 cm³/mol. The van der Waals surface area contributed by atoms with Crippen LogP contribution in [0.1, 0.15) is 49.8 Å². The highest BCUT2D eigenvalue weighted by molar-refractivity contribution is 8.76. The van der Waals surface area contributed by atoms with Crippen LogP contribution in [0.4, 0.5) is 0 Å². The monoisotopic (exact) mass is 1430 g/mol. The van der Waals surface area contributed by atoms with E-state index in [1.54, 1.807) is 87.4 Å². The van der Waals surface area contributed by atoms with Crippen LogP contribution < -0.4 is 47.9 Å². The van der Waals surface area contributed by atoms with Crippen molar-refractivity contribution >= 4 is 97.7 Å². The molecule has 548 valence electrons. The summed E-state index contributed by atoms with van der Waals surface area (Å²) in [5, 5.41) is 96.5. The molecule has 1 unspecified atom stereocenters. The van der Waals surface area contributed by atoms with Gasteiger partial charge in [-0.05, 0) is 81.6 Å². The fraction of sp³-hybridized carbons (Fsp3) is 0.530. The number of fused-ring (bicyclic) bond motifs is 1. The first kappa shape index (κ1) is 80.5. The third-order valence-electron chi connectivity index (χ3n) is 16.8. The molecule has 6 rings (SSSR count). The Balaban J connectivity index is 1.40. The number of phenols is 1. The van der Waals surface area contributed by atoms with Crippen LogP contribution in [0.25, 0.3) is 10.9 Å². The number of aromatic hydroxyl groups is 1. The van der Waals surface area contributed by atoms with Crippen LogP contribution >= 0.6 is 21.6 Å². The van der Waals surface area contributed by atoms with Crippen molar-refractivity contribution in [2.45, 2.75) is 113 Å². The number of nitrogens with zero attached hydrogens (tertiary/aromatic N) is 4. The molecule has 1 aromatic heterocycles. The predicted octanol–water partition coefficient (Wildman–Crippen LogP) is -3.21. The van der Waals surface area contributed by atoms with Crippen LogP contribution in [0.2, 0.25) is 0 Å². The van der Waals surface area contributed by atoms with E-state index in [0.717, 1.165) is 21.6 Å². The van der Waals surface area contributed by atoms with Gasteiger partial charge in [0.2, 0.25) is 47.3 Å². The van der Waals surface area contributed by atoms with Crippen molar-refractivity contribution in [1.29, 1.82) is 0 Å². The Morgan fingerprint density at radius 3 is 1.68 bits per heavy atom. The van der Waals surface area contributed by atoms with E-state index in [0.29, 0.717) is 47.0 Å². The smallest absolute Gasteiger partial charge is 0.317 e. The number of carbonyl (C=O) groups excluding carboxylic acids is 8. The van der Waals surface area contributed by atoms with Crippen LogP contribution in [-0.4, -0.2) is 296 Å². The fourth-order valence-electron chi connectivity index (χ4n) is 11.2. The first-order valence-electron chi connectivity index (χ1n) is 33.0. The minimum Gasteiger partial charge on any atom is -0.508 e. The van der Waals surface area contributed by atoms with E-state index in [1.807, 2.05) is 0 Å². The van der Waals surface area contributed by atoms with E-state index in [1.165, 1.54) is 38.1 Å². The van der Waals surface area contributed by atoms with Gasteiger partial charge in [-0.2, -0.15) is 0 Å². The normalized spacial score (nSPS) is 21.9. The number of aromatic amines is 1. The third kappa shape index (κ3) is 27.2. The standard InChI is InChI=1S/C66H94N14O18S2/c1-40(82)52(37-81)73-65(97)54-39-100-99-38-53(74-61(93)49(29-42-11-5-4-6-12-42)69-55(85)33-77-21-23-78(34-56(86)87)25-27-80(36-58(90)91)28-26-79(24-22-77)35-57(88)89)64(96)71-50(30-43-16-18-45(84)19-17-43)62(94)72-51(31-44-32-68-47-14-8-7-13-46(44)47)63(95)70-48(15-9-10-20-67-3)60(92)76-59(41(2)83)66(98)75-54/h4-8,11-14,16-19,32,40-41,48-54,59,67-68,81-84H,9-10,15,20-31,33-39H2,1-3H3,(H,69,85)(H,70,95)(H,71,96)(H,72,94)(H,73,97)(H,74,93)(H,75,98)(H,76,92)(H,86,87)(H,88,89)(H,90,91)/t40-,41-,48+,49-,50?,51-,52-,53+,54+,59+/m1/s1. The molecule has 2 aliphatic rings. The molecule has 2 fully saturated rings. The van der Waals surface area contributed by atoms with Crippen molar-refractivity contribution in [2.75, 3.05) is 110 Å². The lowest BCUT2D eigenvalue weighted by molar-refractivity contribution is -0.140. The summed E-state index contributed by atoms with van der Waals surface area (Å²) >= 11 is 0. The maximum atomic E-state index is 15.3. The van der Waals surface area contributed by atoms with Gasteiger partial charge in [0.1, 0.15) is 48.0 Å². The van der Waals surface area contributed by atoms with Crippen molar-refractivity contribution in [3.05, 3.63) is 102 Å². The van der Waals surface area contributed by atoms with Crippen molar-refractivity contribution in [1.82, 2.24) is 72.4 Å². The average Bonchev–Trinajstić information content (AvgIpc) is 1.61. The molecule has 10 atom stereocenters. The quantitative estimate of drug-likeness (QED) is 0.0206. The summed E-state index contributed by atoms with van der Waals surface area (Å²) in [7, 11) is 3.55. The van der Waals surface area contributed by atoms with Crippen LogP contribution in [0.15, 0.2) is 85.1 Å². The Kier molecular flexibility index (Phi) is 33.3. The lowest BCUT2D eigenvalue weighted by Gasteiger charge is -2.33. The van der Waals surface area contributed by atoms with Gasteiger partial charge in [0, 0.05) is 100 Å². The summed E-state index contributed by atoms with van der Waals surface area (Å²) in [4.78, 5) is 164. The van der Waals surface area contributed by atoms with E-state index in [2.05, 4.69) is 52.8 Å². The van der Waals surface area contributed by atoms with Gasteiger partial charge in [0.05, 0.1) is 51.0 Å². The second-order valence-corrected chi connectivity index (χ2v) is 27.3. The molecule has 0 spiro atoms. The number of hydrogen-bond acceptors (Lipinski definition) is 22. The second-order valence-electron chi connectivity index (χ2n) is 24.8. The van der Waals surface area contributed by atoms with E-state index in [4.69, 9.17) is 0 Å². The number of nitrogens with one attached hydrogen (secondary N) is 10. The number of unbranched alkanes of at least 4 members (excludes halogenated alkanes) is 1. The number of carboxylic acids is 3. The molecule has 2 saturated heterocycles. The number of amides is 8. The second kappa shape index (κ2) is 41.3. The summed E-state index contributed by atoms with van der Waals surface area (Å²) in [6, 6.07) is 9.35. The molecule has 0 saturated carbocycles. The molecular formula is C66H94N14O18S2. The number of aliphatic hydroxyl groups is 3. The highest BCUT2D eigenvalue weighted by Crippen LogP contribution is 2.25. The summed E-state index contributed by atoms with van der Waals surface area (Å²) in [5.41, 5.74) is 2.24. The Labute approximate surface area is 586 Å². The maximum absolute atomic E-state index is 15.3. The van der Waals surface area contributed by atoms with E-state index in [9.17, 15) is 69.3 Å². The molecule has 100 heavy (non-hydrogen) atoms. The number of rotatable bonds is 27. The number of benzene rings is 3. The van der Waals surface area contributed by atoms with Gasteiger partial charge in [0.25, 0.3) is 0 Å². The van der Waals surface area contributed by atoms with E-state index in [-0.39, 0.29) is 102 Å². The molecule has 3 heterocycles. The Morgan fingerprint density at radius 2 is 1.12 bits per heavy atom. The summed E-state index contributed by atoms with van der Waals surface area (Å²) < 4.78 is 0. The van der Waals surface area contributed by atoms with Crippen LogP contribution in [0.3, 0.4) is 0 Å². The molecule has 17 N–H and O–H groups in total. The zero-order valence-electron chi connectivity index (χ0n) is 56.1. The van der Waals surface area contributed by atoms with Gasteiger partial charge in [-0.3, -0.25) is 72.3 Å². The van der Waals surface area contributed by atoms with Crippen LogP contribution in [0, 0.1) is 0 Å². The average molecular weight is 1440 g/mol.